The lowest BCUT2D eigenvalue weighted by atomic mass is 10.1. The lowest BCUT2D eigenvalue weighted by Gasteiger charge is -2.24. The second kappa shape index (κ2) is 5.80. The largest absolute Gasteiger partial charge is 0.334 e. The van der Waals surface area contributed by atoms with E-state index in [4.69, 9.17) is 0 Å². The van der Waals surface area contributed by atoms with Crippen molar-refractivity contribution in [1.29, 1.82) is 0 Å². The van der Waals surface area contributed by atoms with Gasteiger partial charge in [0.05, 0.1) is 6.54 Å². The zero-order valence-electron chi connectivity index (χ0n) is 12.4. The van der Waals surface area contributed by atoms with Gasteiger partial charge in [0.15, 0.2) is 0 Å². The molecule has 0 saturated heterocycles. The molecule has 0 unspecified atom stereocenters. The Morgan fingerprint density at radius 3 is 2.60 bits per heavy atom. The Bertz CT molecular complexity index is 548. The standard InChI is InChI=1S/C17H23N3/c1-3-9-20-10-8-18-17(20)13-19(2)16-11-14-6-4-5-7-15(14)12-16/h4-8,10,16H,3,9,11-13H2,1-2H3. The van der Waals surface area contributed by atoms with Crippen LogP contribution in [0.15, 0.2) is 36.7 Å². The van der Waals surface area contributed by atoms with E-state index in [-0.39, 0.29) is 0 Å². The molecule has 0 radical (unpaired) electrons. The van der Waals surface area contributed by atoms with Crippen molar-refractivity contribution >= 4 is 0 Å². The topological polar surface area (TPSA) is 21.1 Å². The Morgan fingerprint density at radius 1 is 1.25 bits per heavy atom. The molecule has 3 rings (SSSR count). The van der Waals surface area contributed by atoms with Crippen LogP contribution >= 0.6 is 0 Å². The molecule has 0 aliphatic heterocycles. The third-order valence-electron chi connectivity index (χ3n) is 4.31. The summed E-state index contributed by atoms with van der Waals surface area (Å²) < 4.78 is 2.28. The van der Waals surface area contributed by atoms with Crippen molar-refractivity contribution in [3.8, 4) is 0 Å². The maximum atomic E-state index is 4.52. The predicted molar refractivity (Wildman–Crippen MR) is 81.6 cm³/mol. The molecule has 0 amide bonds. The van der Waals surface area contributed by atoms with Gasteiger partial charge in [-0.25, -0.2) is 4.98 Å². The summed E-state index contributed by atoms with van der Waals surface area (Å²) in [6.45, 7) is 4.21. The Labute approximate surface area is 121 Å². The minimum absolute atomic E-state index is 0.610. The molecule has 3 heteroatoms. The molecule has 0 N–H and O–H groups in total. The van der Waals surface area contributed by atoms with Crippen molar-refractivity contribution in [3.05, 3.63) is 53.6 Å². The first-order chi connectivity index (χ1) is 9.78. The average molecular weight is 269 g/mol. The van der Waals surface area contributed by atoms with Gasteiger partial charge in [-0.15, -0.1) is 0 Å². The van der Waals surface area contributed by atoms with Crippen LogP contribution in [-0.4, -0.2) is 27.5 Å². The monoisotopic (exact) mass is 269 g/mol. The van der Waals surface area contributed by atoms with E-state index >= 15 is 0 Å². The zero-order valence-corrected chi connectivity index (χ0v) is 12.4. The Morgan fingerprint density at radius 2 is 1.95 bits per heavy atom. The van der Waals surface area contributed by atoms with Crippen molar-refractivity contribution in [2.75, 3.05) is 7.05 Å². The number of imidazole rings is 1. The fraction of sp³-hybridized carbons (Fsp3) is 0.471. The van der Waals surface area contributed by atoms with E-state index in [1.807, 2.05) is 6.20 Å². The number of fused-ring (bicyclic) bond motifs is 1. The number of nitrogens with zero attached hydrogens (tertiary/aromatic N) is 3. The molecule has 3 nitrogen and oxygen atoms in total. The molecular weight excluding hydrogens is 246 g/mol. The fourth-order valence-electron chi connectivity index (χ4n) is 3.14. The van der Waals surface area contributed by atoms with Crippen LogP contribution in [-0.2, 0) is 25.9 Å². The highest BCUT2D eigenvalue weighted by atomic mass is 15.2. The van der Waals surface area contributed by atoms with Crippen LogP contribution in [0.3, 0.4) is 0 Å². The summed E-state index contributed by atoms with van der Waals surface area (Å²) >= 11 is 0. The number of aromatic nitrogens is 2. The molecule has 0 atom stereocenters. The minimum atomic E-state index is 0.610. The molecule has 1 aromatic carbocycles. The quantitative estimate of drug-likeness (QED) is 0.832. The predicted octanol–water partition coefficient (Wildman–Crippen LogP) is 2.89. The summed E-state index contributed by atoms with van der Waals surface area (Å²) in [7, 11) is 2.22. The van der Waals surface area contributed by atoms with Gasteiger partial charge in [-0.3, -0.25) is 4.90 Å². The summed E-state index contributed by atoms with van der Waals surface area (Å²) in [4.78, 5) is 6.97. The third-order valence-corrected chi connectivity index (χ3v) is 4.31. The van der Waals surface area contributed by atoms with Crippen LogP contribution in [0.4, 0.5) is 0 Å². The second-order valence-corrected chi connectivity index (χ2v) is 5.78. The van der Waals surface area contributed by atoms with Crippen molar-refractivity contribution in [2.45, 2.75) is 45.3 Å². The van der Waals surface area contributed by atoms with E-state index in [1.54, 1.807) is 0 Å². The van der Waals surface area contributed by atoms with Crippen LogP contribution in [0.1, 0.15) is 30.3 Å². The first-order valence-electron chi connectivity index (χ1n) is 7.55. The molecule has 0 saturated carbocycles. The summed E-state index contributed by atoms with van der Waals surface area (Å²) in [6, 6.07) is 9.44. The van der Waals surface area contributed by atoms with Crippen molar-refractivity contribution in [3.63, 3.8) is 0 Å². The first-order valence-corrected chi connectivity index (χ1v) is 7.55. The van der Waals surface area contributed by atoms with Gasteiger partial charge >= 0.3 is 0 Å². The SMILES string of the molecule is CCCn1ccnc1CN(C)C1Cc2ccccc2C1. The van der Waals surface area contributed by atoms with Gasteiger partial charge in [0.2, 0.25) is 0 Å². The maximum Gasteiger partial charge on any atom is 0.122 e. The van der Waals surface area contributed by atoms with E-state index in [1.165, 1.54) is 29.8 Å². The highest BCUT2D eigenvalue weighted by Crippen LogP contribution is 2.25. The molecule has 106 valence electrons. The highest BCUT2D eigenvalue weighted by molar-refractivity contribution is 5.33. The van der Waals surface area contributed by atoms with Crippen molar-refractivity contribution in [2.24, 2.45) is 0 Å². The number of likely N-dealkylation sites (N-methyl/N-ethyl adjacent to an activating group) is 1. The summed E-state index contributed by atoms with van der Waals surface area (Å²) in [6.07, 6.45) is 7.50. The number of aryl methyl sites for hydroxylation is 1. The molecule has 1 heterocycles. The lowest BCUT2D eigenvalue weighted by Crippen LogP contribution is -2.32. The number of hydrogen-bond donors (Lipinski definition) is 0. The van der Waals surface area contributed by atoms with E-state index < -0.39 is 0 Å². The molecule has 0 bridgehead atoms. The van der Waals surface area contributed by atoms with Crippen molar-refractivity contribution in [1.82, 2.24) is 14.5 Å². The van der Waals surface area contributed by atoms with Crippen LogP contribution in [0.5, 0.6) is 0 Å². The summed E-state index contributed by atoms with van der Waals surface area (Å²) in [5.41, 5.74) is 3.03. The zero-order chi connectivity index (χ0) is 13.9. The van der Waals surface area contributed by atoms with Crippen LogP contribution in [0.2, 0.25) is 0 Å². The van der Waals surface area contributed by atoms with E-state index in [0.717, 1.165) is 19.5 Å². The van der Waals surface area contributed by atoms with Crippen molar-refractivity contribution < 1.29 is 0 Å². The van der Waals surface area contributed by atoms with Gasteiger partial charge in [-0.2, -0.15) is 0 Å². The van der Waals surface area contributed by atoms with Gasteiger partial charge < -0.3 is 4.57 Å². The van der Waals surface area contributed by atoms with Crippen LogP contribution < -0.4 is 0 Å². The molecule has 2 aromatic rings. The Kier molecular flexibility index (Phi) is 3.88. The van der Waals surface area contributed by atoms with Gasteiger partial charge in [0.1, 0.15) is 5.82 Å². The number of benzene rings is 1. The van der Waals surface area contributed by atoms with E-state index in [9.17, 15) is 0 Å². The molecule has 1 aromatic heterocycles. The Balaban J connectivity index is 1.66. The van der Waals surface area contributed by atoms with E-state index in [0.29, 0.717) is 6.04 Å². The molecular formula is C17H23N3. The Hall–Kier alpha value is -1.61. The number of rotatable bonds is 5. The van der Waals surface area contributed by atoms with E-state index in [2.05, 4.69) is 58.9 Å². The summed E-state index contributed by atoms with van der Waals surface area (Å²) in [5, 5.41) is 0. The lowest BCUT2D eigenvalue weighted by molar-refractivity contribution is 0.232. The van der Waals surface area contributed by atoms with Gasteiger partial charge in [-0.1, -0.05) is 31.2 Å². The first kappa shape index (κ1) is 13.4. The highest BCUT2D eigenvalue weighted by Gasteiger charge is 2.24. The normalized spacial score (nSPS) is 14.9. The minimum Gasteiger partial charge on any atom is -0.334 e. The second-order valence-electron chi connectivity index (χ2n) is 5.78. The summed E-state index contributed by atoms with van der Waals surface area (Å²) in [5.74, 6) is 1.19. The molecule has 20 heavy (non-hydrogen) atoms. The van der Waals surface area contributed by atoms with Gasteiger partial charge in [0, 0.05) is 25.0 Å². The van der Waals surface area contributed by atoms with Gasteiger partial charge in [0.25, 0.3) is 0 Å². The molecule has 0 fully saturated rings. The third kappa shape index (κ3) is 2.63. The smallest absolute Gasteiger partial charge is 0.122 e. The molecule has 1 aliphatic rings. The fourth-order valence-corrected chi connectivity index (χ4v) is 3.14. The number of hydrogen-bond acceptors (Lipinski definition) is 2. The van der Waals surface area contributed by atoms with Gasteiger partial charge in [-0.05, 0) is 37.4 Å². The maximum absolute atomic E-state index is 4.52. The molecule has 0 spiro atoms. The average Bonchev–Trinajstić information content (AvgIpc) is 3.06. The molecule has 1 aliphatic carbocycles. The van der Waals surface area contributed by atoms with Crippen LogP contribution in [0, 0.1) is 0 Å². The van der Waals surface area contributed by atoms with Crippen LogP contribution in [0.25, 0.3) is 0 Å².